The summed E-state index contributed by atoms with van der Waals surface area (Å²) in [6.45, 7) is 10.6. The molecule has 0 bridgehead atoms. The highest BCUT2D eigenvalue weighted by molar-refractivity contribution is 5.98. The summed E-state index contributed by atoms with van der Waals surface area (Å²) in [6, 6.07) is 0. The summed E-state index contributed by atoms with van der Waals surface area (Å²) >= 11 is 0. The molecule has 2 aliphatic carbocycles. The lowest BCUT2D eigenvalue weighted by atomic mass is 9.69. The van der Waals surface area contributed by atoms with E-state index < -0.39 is 6.10 Å². The van der Waals surface area contributed by atoms with Crippen molar-refractivity contribution in [3.63, 3.8) is 0 Å². The predicted molar refractivity (Wildman–Crippen MR) is 91.5 cm³/mol. The van der Waals surface area contributed by atoms with Crippen molar-refractivity contribution in [3.8, 4) is 0 Å². The van der Waals surface area contributed by atoms with E-state index >= 15 is 0 Å². The molecule has 0 radical (unpaired) electrons. The fourth-order valence-corrected chi connectivity index (χ4v) is 3.90. The highest BCUT2D eigenvalue weighted by Gasteiger charge is 2.46. The Kier molecular flexibility index (Phi) is 5.11. The van der Waals surface area contributed by atoms with Gasteiger partial charge in [-0.15, -0.1) is 0 Å². The second kappa shape index (κ2) is 6.54. The van der Waals surface area contributed by atoms with Crippen LogP contribution in [-0.2, 0) is 4.79 Å². The Bertz CT molecular complexity index is 536. The fourth-order valence-electron chi connectivity index (χ4n) is 3.90. The molecule has 2 nitrogen and oxygen atoms in total. The van der Waals surface area contributed by atoms with Crippen LogP contribution in [0.15, 0.2) is 34.9 Å². The molecule has 0 aromatic carbocycles. The molecule has 0 fully saturated rings. The first-order valence-corrected chi connectivity index (χ1v) is 8.51. The highest BCUT2D eigenvalue weighted by atomic mass is 16.3. The number of hydrogen-bond donors (Lipinski definition) is 1. The van der Waals surface area contributed by atoms with Crippen LogP contribution in [0.5, 0.6) is 0 Å². The van der Waals surface area contributed by atoms with Gasteiger partial charge in [0.25, 0.3) is 0 Å². The second-order valence-electron chi connectivity index (χ2n) is 7.71. The largest absolute Gasteiger partial charge is 0.389 e. The molecule has 3 unspecified atom stereocenters. The Morgan fingerprint density at radius 2 is 1.95 bits per heavy atom. The van der Waals surface area contributed by atoms with E-state index in [1.807, 2.05) is 12.2 Å². The van der Waals surface area contributed by atoms with Gasteiger partial charge in [-0.2, -0.15) is 0 Å². The van der Waals surface area contributed by atoms with E-state index in [9.17, 15) is 9.90 Å². The molecular weight excluding hydrogens is 272 g/mol. The standard InChI is InChI=1S/C20H30O2/c1-13(2)17-12-19(22)20(5)9-8-15(4)11-16(21)10-14(3)6-7-18(17)20/h8,10,12-13,16,18,21H,6-7,9,11H2,1-5H3. The van der Waals surface area contributed by atoms with Crippen molar-refractivity contribution < 1.29 is 9.90 Å². The molecular formula is C20H30O2. The molecule has 2 aliphatic rings. The third kappa shape index (κ3) is 3.43. The van der Waals surface area contributed by atoms with Crippen LogP contribution in [0.25, 0.3) is 0 Å². The van der Waals surface area contributed by atoms with Crippen molar-refractivity contribution in [1.82, 2.24) is 0 Å². The summed E-state index contributed by atoms with van der Waals surface area (Å²) in [4.78, 5) is 12.7. The first kappa shape index (κ1) is 17.2. The quantitative estimate of drug-likeness (QED) is 0.719. The third-order valence-corrected chi connectivity index (χ3v) is 5.41. The summed E-state index contributed by atoms with van der Waals surface area (Å²) in [7, 11) is 0. The molecule has 122 valence electrons. The maximum absolute atomic E-state index is 12.7. The van der Waals surface area contributed by atoms with Gasteiger partial charge in [-0.3, -0.25) is 4.79 Å². The lowest BCUT2D eigenvalue weighted by molar-refractivity contribution is -0.123. The van der Waals surface area contributed by atoms with Crippen LogP contribution in [-0.4, -0.2) is 17.0 Å². The Hall–Kier alpha value is -1.15. The molecule has 0 aliphatic heterocycles. The molecule has 0 heterocycles. The second-order valence-corrected chi connectivity index (χ2v) is 7.71. The van der Waals surface area contributed by atoms with Gasteiger partial charge in [-0.25, -0.2) is 0 Å². The first-order chi connectivity index (χ1) is 10.2. The van der Waals surface area contributed by atoms with Crippen molar-refractivity contribution in [2.45, 2.75) is 66.4 Å². The summed E-state index contributed by atoms with van der Waals surface area (Å²) in [5.74, 6) is 1.02. The fraction of sp³-hybridized carbons (Fsp3) is 0.650. The van der Waals surface area contributed by atoms with Crippen molar-refractivity contribution in [1.29, 1.82) is 0 Å². The molecule has 0 saturated heterocycles. The van der Waals surface area contributed by atoms with Gasteiger partial charge in [0.05, 0.1) is 6.10 Å². The summed E-state index contributed by atoms with van der Waals surface area (Å²) in [5.41, 5.74) is 3.40. The van der Waals surface area contributed by atoms with Crippen LogP contribution in [0, 0.1) is 17.3 Å². The Labute approximate surface area is 135 Å². The monoisotopic (exact) mass is 302 g/mol. The zero-order chi connectivity index (χ0) is 16.5. The van der Waals surface area contributed by atoms with E-state index in [0.717, 1.165) is 19.3 Å². The number of carbonyl (C=O) groups excluding carboxylic acids is 1. The molecule has 2 heteroatoms. The minimum absolute atomic E-state index is 0.284. The summed E-state index contributed by atoms with van der Waals surface area (Å²) in [5, 5.41) is 10.1. The van der Waals surface area contributed by atoms with Gasteiger partial charge in [-0.1, -0.05) is 49.6 Å². The van der Waals surface area contributed by atoms with Gasteiger partial charge >= 0.3 is 0 Å². The average Bonchev–Trinajstić information content (AvgIpc) is 2.65. The lowest BCUT2D eigenvalue weighted by Gasteiger charge is -2.33. The maximum Gasteiger partial charge on any atom is 0.162 e. The number of carbonyl (C=O) groups is 1. The van der Waals surface area contributed by atoms with Gasteiger partial charge in [0.1, 0.15) is 0 Å². The van der Waals surface area contributed by atoms with Gasteiger partial charge in [0.15, 0.2) is 5.78 Å². The van der Waals surface area contributed by atoms with Crippen molar-refractivity contribution in [2.24, 2.45) is 17.3 Å². The molecule has 3 atom stereocenters. The molecule has 0 aromatic heterocycles. The summed E-state index contributed by atoms with van der Waals surface area (Å²) < 4.78 is 0. The Balaban J connectivity index is 2.39. The number of rotatable bonds is 1. The molecule has 0 saturated carbocycles. The van der Waals surface area contributed by atoms with E-state index in [4.69, 9.17) is 0 Å². The smallest absolute Gasteiger partial charge is 0.162 e. The van der Waals surface area contributed by atoms with E-state index in [-0.39, 0.29) is 11.2 Å². The molecule has 0 spiro atoms. The van der Waals surface area contributed by atoms with Crippen LogP contribution in [0.4, 0.5) is 0 Å². The Morgan fingerprint density at radius 1 is 1.27 bits per heavy atom. The molecule has 2 rings (SSSR count). The minimum atomic E-state index is -0.405. The molecule has 0 aromatic rings. The van der Waals surface area contributed by atoms with Crippen LogP contribution in [0.1, 0.15) is 60.3 Å². The van der Waals surface area contributed by atoms with Crippen LogP contribution in [0.3, 0.4) is 0 Å². The van der Waals surface area contributed by atoms with Crippen LogP contribution >= 0.6 is 0 Å². The first-order valence-electron chi connectivity index (χ1n) is 8.51. The van der Waals surface area contributed by atoms with E-state index in [1.54, 1.807) is 0 Å². The highest BCUT2D eigenvalue weighted by Crippen LogP contribution is 2.48. The summed E-state index contributed by atoms with van der Waals surface area (Å²) in [6.07, 6.45) is 9.05. The zero-order valence-corrected chi connectivity index (χ0v) is 14.6. The number of ketones is 1. The zero-order valence-electron chi connectivity index (χ0n) is 14.6. The van der Waals surface area contributed by atoms with E-state index in [1.165, 1.54) is 16.7 Å². The SMILES string of the molecule is CC1=CC(O)CC(C)=CCC2(C)C(=O)C=C(C(C)C)C2CC1. The molecule has 1 N–H and O–H groups in total. The number of fused-ring (bicyclic) bond motifs is 1. The normalized spacial score (nSPS) is 33.8. The predicted octanol–water partition coefficient (Wildman–Crippen LogP) is 4.60. The van der Waals surface area contributed by atoms with Crippen molar-refractivity contribution in [2.75, 3.05) is 0 Å². The van der Waals surface area contributed by atoms with E-state index in [0.29, 0.717) is 18.3 Å². The van der Waals surface area contributed by atoms with Crippen LogP contribution in [0.2, 0.25) is 0 Å². The van der Waals surface area contributed by atoms with Crippen LogP contribution < -0.4 is 0 Å². The number of hydrogen-bond acceptors (Lipinski definition) is 2. The lowest BCUT2D eigenvalue weighted by Crippen LogP contribution is -2.31. The van der Waals surface area contributed by atoms with Crippen molar-refractivity contribution >= 4 is 5.78 Å². The molecule has 22 heavy (non-hydrogen) atoms. The Morgan fingerprint density at radius 3 is 2.59 bits per heavy atom. The number of allylic oxidation sites excluding steroid dienone is 4. The average molecular weight is 302 g/mol. The third-order valence-electron chi connectivity index (χ3n) is 5.41. The molecule has 0 amide bonds. The van der Waals surface area contributed by atoms with Gasteiger partial charge in [-0.05, 0) is 57.4 Å². The van der Waals surface area contributed by atoms with Crippen molar-refractivity contribution in [3.05, 3.63) is 34.9 Å². The number of aliphatic hydroxyl groups is 1. The van der Waals surface area contributed by atoms with Gasteiger partial charge in [0.2, 0.25) is 0 Å². The topological polar surface area (TPSA) is 37.3 Å². The van der Waals surface area contributed by atoms with Gasteiger partial charge in [0, 0.05) is 5.41 Å². The van der Waals surface area contributed by atoms with Gasteiger partial charge < -0.3 is 5.11 Å². The minimum Gasteiger partial charge on any atom is -0.389 e. The van der Waals surface area contributed by atoms with E-state index in [2.05, 4.69) is 40.7 Å². The number of aliphatic hydroxyl groups excluding tert-OH is 1. The maximum atomic E-state index is 12.7.